The van der Waals surface area contributed by atoms with E-state index in [2.05, 4.69) is 0 Å². The zero-order valence-electron chi connectivity index (χ0n) is 11.9. The molecule has 0 bridgehead atoms. The molecule has 8 heteroatoms. The number of ketones is 1. The Balaban J connectivity index is 2.15. The van der Waals surface area contributed by atoms with Crippen LogP contribution in [0.2, 0.25) is 0 Å². The van der Waals surface area contributed by atoms with Crippen LogP contribution in [0.1, 0.15) is 10.4 Å². The maximum atomic E-state index is 13.1. The highest BCUT2D eigenvalue weighted by atomic mass is 19.2. The van der Waals surface area contributed by atoms with E-state index in [-0.39, 0.29) is 22.7 Å². The van der Waals surface area contributed by atoms with E-state index in [4.69, 9.17) is 9.47 Å². The van der Waals surface area contributed by atoms with Crippen LogP contribution in [0.3, 0.4) is 0 Å². The van der Waals surface area contributed by atoms with Gasteiger partial charge in [-0.05, 0) is 30.3 Å². The number of hydrogen-bond acceptors (Lipinski definition) is 5. The summed E-state index contributed by atoms with van der Waals surface area (Å²) in [6.07, 6.45) is 0. The molecule has 0 unspecified atom stereocenters. The number of carbonyl (C=O) groups excluding carboxylic acids is 1. The molecule has 6 nitrogen and oxygen atoms in total. The monoisotopic (exact) mass is 323 g/mol. The summed E-state index contributed by atoms with van der Waals surface area (Å²) in [6, 6.07) is 6.53. The maximum absolute atomic E-state index is 13.1. The van der Waals surface area contributed by atoms with Crippen LogP contribution < -0.4 is 9.47 Å². The Morgan fingerprint density at radius 1 is 1.17 bits per heavy atom. The number of benzene rings is 2. The SMILES string of the molecule is COc1ccc(OCC(=O)c2ccc(F)c(F)c2)c([N+](=O)[O-])c1. The molecule has 0 amide bonds. The number of nitrogens with zero attached hydrogens (tertiary/aromatic N) is 1. The van der Waals surface area contributed by atoms with Crippen molar-refractivity contribution in [2.45, 2.75) is 0 Å². The van der Waals surface area contributed by atoms with Gasteiger partial charge in [0.2, 0.25) is 0 Å². The van der Waals surface area contributed by atoms with Crippen molar-refractivity contribution in [2.24, 2.45) is 0 Å². The van der Waals surface area contributed by atoms with Crippen molar-refractivity contribution in [3.05, 3.63) is 63.7 Å². The van der Waals surface area contributed by atoms with E-state index in [1.165, 1.54) is 19.2 Å². The topological polar surface area (TPSA) is 78.7 Å². The Labute approximate surface area is 129 Å². The summed E-state index contributed by atoms with van der Waals surface area (Å²) in [5, 5.41) is 11.0. The molecule has 2 aromatic rings. The highest BCUT2D eigenvalue weighted by molar-refractivity contribution is 5.97. The zero-order chi connectivity index (χ0) is 17.0. The second kappa shape index (κ2) is 6.82. The van der Waals surface area contributed by atoms with Crippen molar-refractivity contribution in [2.75, 3.05) is 13.7 Å². The first-order valence-corrected chi connectivity index (χ1v) is 6.36. The average Bonchev–Trinajstić information content (AvgIpc) is 2.54. The molecule has 0 fully saturated rings. The Morgan fingerprint density at radius 3 is 2.52 bits per heavy atom. The van der Waals surface area contributed by atoms with Gasteiger partial charge in [-0.15, -0.1) is 0 Å². The molecular weight excluding hydrogens is 312 g/mol. The van der Waals surface area contributed by atoms with Crippen molar-refractivity contribution < 1.29 is 28.0 Å². The number of nitro benzene ring substituents is 1. The van der Waals surface area contributed by atoms with Crippen LogP contribution in [0.4, 0.5) is 14.5 Å². The Bertz CT molecular complexity index is 764. The Hall–Kier alpha value is -3.03. The van der Waals surface area contributed by atoms with E-state index in [9.17, 15) is 23.7 Å². The molecule has 2 aromatic carbocycles. The third-order valence-electron chi connectivity index (χ3n) is 2.96. The summed E-state index contributed by atoms with van der Waals surface area (Å²) < 4.78 is 35.9. The lowest BCUT2D eigenvalue weighted by Gasteiger charge is -2.08. The minimum Gasteiger partial charge on any atom is -0.496 e. The number of halogens is 2. The standard InChI is InChI=1S/C15H11F2NO5/c1-22-10-3-5-15(13(7-10)18(20)21)23-8-14(19)9-2-4-11(16)12(17)6-9/h2-7H,8H2,1H3. The van der Waals surface area contributed by atoms with Crippen molar-refractivity contribution in [3.63, 3.8) is 0 Å². The van der Waals surface area contributed by atoms with Crippen molar-refractivity contribution in [1.82, 2.24) is 0 Å². The summed E-state index contributed by atoms with van der Waals surface area (Å²) in [5.41, 5.74) is -0.470. The van der Waals surface area contributed by atoms with Crippen LogP contribution in [0.15, 0.2) is 36.4 Å². The van der Waals surface area contributed by atoms with Gasteiger partial charge in [-0.1, -0.05) is 0 Å². The lowest BCUT2D eigenvalue weighted by molar-refractivity contribution is -0.385. The number of carbonyl (C=O) groups is 1. The minimum atomic E-state index is -1.16. The third kappa shape index (κ3) is 3.79. The lowest BCUT2D eigenvalue weighted by atomic mass is 10.1. The number of hydrogen-bond donors (Lipinski definition) is 0. The normalized spacial score (nSPS) is 10.2. The molecule has 0 aliphatic carbocycles. The second-order valence-corrected chi connectivity index (χ2v) is 4.43. The smallest absolute Gasteiger partial charge is 0.314 e. The van der Waals surface area contributed by atoms with Gasteiger partial charge >= 0.3 is 5.69 Å². The molecule has 0 aliphatic rings. The number of ether oxygens (including phenoxy) is 2. The summed E-state index contributed by atoms with van der Waals surface area (Å²) >= 11 is 0. The van der Waals surface area contributed by atoms with Crippen LogP contribution in [0.25, 0.3) is 0 Å². The minimum absolute atomic E-state index is 0.0972. The molecule has 0 aromatic heterocycles. The lowest BCUT2D eigenvalue weighted by Crippen LogP contribution is -2.13. The number of methoxy groups -OCH3 is 1. The predicted molar refractivity (Wildman–Crippen MR) is 75.8 cm³/mol. The van der Waals surface area contributed by atoms with Gasteiger partial charge in [0.15, 0.2) is 29.8 Å². The number of Topliss-reactive ketones (excluding diaryl/α,β-unsaturated/α-hetero) is 1. The molecule has 0 spiro atoms. The molecular formula is C15H11F2NO5. The van der Waals surface area contributed by atoms with E-state index in [0.717, 1.165) is 24.3 Å². The molecule has 0 aliphatic heterocycles. The van der Waals surface area contributed by atoms with Gasteiger partial charge in [-0.3, -0.25) is 14.9 Å². The van der Waals surface area contributed by atoms with Crippen LogP contribution in [-0.2, 0) is 0 Å². The molecule has 0 radical (unpaired) electrons. The van der Waals surface area contributed by atoms with Gasteiger partial charge in [0.25, 0.3) is 0 Å². The Morgan fingerprint density at radius 2 is 1.91 bits per heavy atom. The van der Waals surface area contributed by atoms with Gasteiger partial charge in [-0.25, -0.2) is 8.78 Å². The first-order chi connectivity index (χ1) is 10.9. The number of rotatable bonds is 6. The molecule has 0 saturated heterocycles. The molecule has 0 atom stereocenters. The van der Waals surface area contributed by atoms with E-state index in [0.29, 0.717) is 0 Å². The summed E-state index contributed by atoms with van der Waals surface area (Å²) in [6.45, 7) is -0.557. The first kappa shape index (κ1) is 16.3. The van der Waals surface area contributed by atoms with E-state index >= 15 is 0 Å². The second-order valence-electron chi connectivity index (χ2n) is 4.43. The molecule has 0 heterocycles. The third-order valence-corrected chi connectivity index (χ3v) is 2.96. The maximum Gasteiger partial charge on any atom is 0.314 e. The van der Waals surface area contributed by atoms with Crippen molar-refractivity contribution in [3.8, 4) is 11.5 Å². The van der Waals surface area contributed by atoms with E-state index < -0.39 is 28.9 Å². The van der Waals surface area contributed by atoms with Gasteiger partial charge in [0, 0.05) is 5.56 Å². The highest BCUT2D eigenvalue weighted by Crippen LogP contribution is 2.31. The summed E-state index contributed by atoms with van der Waals surface area (Å²) in [5.74, 6) is -2.75. The van der Waals surface area contributed by atoms with Crippen LogP contribution in [-0.4, -0.2) is 24.4 Å². The Kier molecular flexibility index (Phi) is 4.85. The molecule has 23 heavy (non-hydrogen) atoms. The van der Waals surface area contributed by atoms with Crippen molar-refractivity contribution in [1.29, 1.82) is 0 Å². The van der Waals surface area contributed by atoms with Gasteiger partial charge in [0.1, 0.15) is 5.75 Å². The van der Waals surface area contributed by atoms with Crippen LogP contribution in [0, 0.1) is 21.7 Å². The highest BCUT2D eigenvalue weighted by Gasteiger charge is 2.18. The fourth-order valence-corrected chi connectivity index (χ4v) is 1.79. The fraction of sp³-hybridized carbons (Fsp3) is 0.133. The van der Waals surface area contributed by atoms with E-state index in [1.807, 2.05) is 0 Å². The van der Waals surface area contributed by atoms with Crippen LogP contribution >= 0.6 is 0 Å². The van der Waals surface area contributed by atoms with Crippen LogP contribution in [0.5, 0.6) is 11.5 Å². The van der Waals surface area contributed by atoms with E-state index in [1.54, 1.807) is 0 Å². The number of nitro groups is 1. The fourth-order valence-electron chi connectivity index (χ4n) is 1.79. The van der Waals surface area contributed by atoms with Gasteiger partial charge in [-0.2, -0.15) is 0 Å². The molecule has 0 saturated carbocycles. The quantitative estimate of drug-likeness (QED) is 0.463. The molecule has 120 valence electrons. The van der Waals surface area contributed by atoms with Gasteiger partial charge in [0.05, 0.1) is 18.1 Å². The molecule has 0 N–H and O–H groups in total. The largest absolute Gasteiger partial charge is 0.496 e. The first-order valence-electron chi connectivity index (χ1n) is 6.36. The average molecular weight is 323 g/mol. The molecule has 2 rings (SSSR count). The van der Waals surface area contributed by atoms with Gasteiger partial charge < -0.3 is 9.47 Å². The van der Waals surface area contributed by atoms with Crippen molar-refractivity contribution >= 4 is 11.5 Å². The predicted octanol–water partition coefficient (Wildman–Crippen LogP) is 3.14. The summed E-state index contributed by atoms with van der Waals surface area (Å²) in [4.78, 5) is 22.2. The zero-order valence-corrected chi connectivity index (χ0v) is 11.9. The summed E-state index contributed by atoms with van der Waals surface area (Å²) in [7, 11) is 1.35.